The van der Waals surface area contributed by atoms with Crippen LogP contribution in [0.1, 0.15) is 32.6 Å². The summed E-state index contributed by atoms with van der Waals surface area (Å²) in [6.45, 7) is 1.91. The number of aliphatic hydroxyl groups is 1. The molecule has 172 valence electrons. The third kappa shape index (κ3) is 4.49. The molecule has 3 aromatic heterocycles. The molecular formula is C24H29N7O2. The zero-order valence-corrected chi connectivity index (χ0v) is 19.1. The third-order valence-corrected chi connectivity index (χ3v) is 6.25. The first kappa shape index (κ1) is 21.3. The average molecular weight is 448 g/mol. The minimum Gasteiger partial charge on any atom is -0.495 e. The Balaban J connectivity index is 1.41. The van der Waals surface area contributed by atoms with Gasteiger partial charge in [0.05, 0.1) is 24.1 Å². The van der Waals surface area contributed by atoms with Crippen molar-refractivity contribution in [3.8, 4) is 17.0 Å². The first-order valence-corrected chi connectivity index (χ1v) is 11.2. The van der Waals surface area contributed by atoms with Crippen molar-refractivity contribution in [1.29, 1.82) is 0 Å². The smallest absolute Gasteiger partial charge is 0.247 e. The summed E-state index contributed by atoms with van der Waals surface area (Å²) in [6, 6.07) is 12.1. The van der Waals surface area contributed by atoms with E-state index in [-0.39, 0.29) is 6.04 Å². The van der Waals surface area contributed by atoms with Crippen LogP contribution in [0.25, 0.3) is 16.8 Å². The minimum atomic E-state index is -0.571. The summed E-state index contributed by atoms with van der Waals surface area (Å²) in [7, 11) is 3.54. The highest BCUT2D eigenvalue weighted by molar-refractivity contribution is 5.73. The van der Waals surface area contributed by atoms with Gasteiger partial charge in [-0.05, 0) is 62.9 Å². The molecule has 0 aliphatic heterocycles. The van der Waals surface area contributed by atoms with Crippen LogP contribution in [0, 0.1) is 0 Å². The maximum atomic E-state index is 10.3. The molecule has 0 saturated heterocycles. The van der Waals surface area contributed by atoms with E-state index in [9.17, 15) is 5.11 Å². The third-order valence-electron chi connectivity index (χ3n) is 6.25. The molecule has 0 spiro atoms. The highest BCUT2D eigenvalue weighted by Crippen LogP contribution is 2.33. The standard InChI is InChI=1S/C24H29N7O2/c1-24(32)11-8-17(9-12-24)25-22-20-5-4-13-31(20)29-23(27-22)26-19-7-6-16(15-21(19)33-3)18-10-14-30(2)28-18/h4-7,10,13-15,17,32H,8-9,11-12H2,1-3H3,(H2,25,26,27,29). The van der Waals surface area contributed by atoms with Gasteiger partial charge in [-0.3, -0.25) is 4.68 Å². The molecule has 0 radical (unpaired) electrons. The number of hydrogen-bond acceptors (Lipinski definition) is 7. The van der Waals surface area contributed by atoms with E-state index >= 15 is 0 Å². The number of aromatic nitrogens is 5. The lowest BCUT2D eigenvalue weighted by Gasteiger charge is -2.33. The molecule has 1 aromatic carbocycles. The van der Waals surface area contributed by atoms with Gasteiger partial charge < -0.3 is 20.5 Å². The van der Waals surface area contributed by atoms with Crippen LogP contribution in [0.5, 0.6) is 5.75 Å². The van der Waals surface area contributed by atoms with Crippen LogP contribution in [0.2, 0.25) is 0 Å². The summed E-state index contributed by atoms with van der Waals surface area (Å²) in [4.78, 5) is 4.77. The van der Waals surface area contributed by atoms with Crippen molar-refractivity contribution in [2.24, 2.45) is 7.05 Å². The van der Waals surface area contributed by atoms with Crippen molar-refractivity contribution in [2.75, 3.05) is 17.7 Å². The Kier molecular flexibility index (Phi) is 5.41. The highest BCUT2D eigenvalue weighted by atomic mass is 16.5. The molecule has 0 unspecified atom stereocenters. The molecule has 1 fully saturated rings. The Hall–Kier alpha value is -3.59. The van der Waals surface area contributed by atoms with Crippen molar-refractivity contribution >= 4 is 23.0 Å². The number of rotatable bonds is 6. The predicted octanol–water partition coefficient (Wildman–Crippen LogP) is 3.99. The van der Waals surface area contributed by atoms with E-state index in [1.165, 1.54) is 0 Å². The molecule has 0 amide bonds. The molecular weight excluding hydrogens is 418 g/mol. The van der Waals surface area contributed by atoms with Gasteiger partial charge in [-0.15, -0.1) is 5.10 Å². The Morgan fingerprint density at radius 1 is 1.12 bits per heavy atom. The van der Waals surface area contributed by atoms with Gasteiger partial charge in [0.2, 0.25) is 5.95 Å². The van der Waals surface area contributed by atoms with Crippen molar-refractivity contribution in [2.45, 2.75) is 44.2 Å². The van der Waals surface area contributed by atoms with Gasteiger partial charge in [-0.1, -0.05) is 6.07 Å². The number of anilines is 3. The topological polar surface area (TPSA) is 102 Å². The number of hydrogen-bond donors (Lipinski definition) is 3. The Morgan fingerprint density at radius 2 is 1.94 bits per heavy atom. The molecule has 1 saturated carbocycles. The Labute approximate surface area is 192 Å². The summed E-state index contributed by atoms with van der Waals surface area (Å²) >= 11 is 0. The van der Waals surface area contributed by atoms with Gasteiger partial charge in [0.1, 0.15) is 11.3 Å². The number of fused-ring (bicyclic) bond motifs is 1. The van der Waals surface area contributed by atoms with Crippen molar-refractivity contribution in [1.82, 2.24) is 24.4 Å². The fraction of sp³-hybridized carbons (Fsp3) is 0.375. The highest BCUT2D eigenvalue weighted by Gasteiger charge is 2.29. The van der Waals surface area contributed by atoms with Crippen LogP contribution in [0.4, 0.5) is 17.5 Å². The molecule has 3 N–H and O–H groups in total. The monoisotopic (exact) mass is 447 g/mol. The molecule has 33 heavy (non-hydrogen) atoms. The zero-order chi connectivity index (χ0) is 23.0. The molecule has 9 heteroatoms. The molecule has 1 aliphatic rings. The van der Waals surface area contributed by atoms with E-state index in [1.807, 2.05) is 67.3 Å². The van der Waals surface area contributed by atoms with Crippen LogP contribution in [-0.4, -0.2) is 48.2 Å². The van der Waals surface area contributed by atoms with Gasteiger partial charge in [-0.2, -0.15) is 10.1 Å². The van der Waals surface area contributed by atoms with E-state index in [0.717, 1.165) is 54.0 Å². The number of nitrogens with zero attached hydrogens (tertiary/aromatic N) is 5. The van der Waals surface area contributed by atoms with Crippen molar-refractivity contribution in [3.05, 3.63) is 48.8 Å². The second-order valence-corrected chi connectivity index (χ2v) is 8.95. The summed E-state index contributed by atoms with van der Waals surface area (Å²) < 4.78 is 9.22. The molecule has 3 heterocycles. The van der Waals surface area contributed by atoms with Crippen molar-refractivity contribution < 1.29 is 9.84 Å². The molecule has 9 nitrogen and oxygen atoms in total. The molecule has 0 bridgehead atoms. The summed E-state index contributed by atoms with van der Waals surface area (Å²) in [6.07, 6.45) is 7.16. The van der Waals surface area contributed by atoms with Crippen LogP contribution >= 0.6 is 0 Å². The number of benzene rings is 1. The summed E-state index contributed by atoms with van der Waals surface area (Å²) in [5.41, 5.74) is 2.96. The maximum absolute atomic E-state index is 10.3. The van der Waals surface area contributed by atoms with E-state index < -0.39 is 5.60 Å². The fourth-order valence-corrected chi connectivity index (χ4v) is 4.31. The lowest BCUT2D eigenvalue weighted by atomic mass is 9.84. The lowest BCUT2D eigenvalue weighted by Crippen LogP contribution is -2.36. The van der Waals surface area contributed by atoms with E-state index in [1.54, 1.807) is 11.8 Å². The van der Waals surface area contributed by atoms with Crippen LogP contribution in [0.3, 0.4) is 0 Å². The Morgan fingerprint density at radius 3 is 2.67 bits per heavy atom. The van der Waals surface area contributed by atoms with Gasteiger partial charge in [0, 0.05) is 31.0 Å². The van der Waals surface area contributed by atoms with E-state index in [4.69, 9.17) is 9.72 Å². The van der Waals surface area contributed by atoms with Crippen molar-refractivity contribution in [3.63, 3.8) is 0 Å². The lowest BCUT2D eigenvalue weighted by molar-refractivity contribution is 0.0196. The Bertz CT molecular complexity index is 1270. The minimum absolute atomic E-state index is 0.263. The normalized spacial score (nSPS) is 20.7. The number of ether oxygens (including phenoxy) is 1. The molecule has 5 rings (SSSR count). The van der Waals surface area contributed by atoms with Gasteiger partial charge >= 0.3 is 0 Å². The molecule has 1 aliphatic carbocycles. The first-order valence-electron chi connectivity index (χ1n) is 11.2. The molecule has 0 atom stereocenters. The number of nitrogens with one attached hydrogen (secondary N) is 2. The SMILES string of the molecule is COc1cc(-c2ccn(C)n2)ccc1Nc1nc(NC2CCC(C)(O)CC2)c2cccn2n1. The summed E-state index contributed by atoms with van der Waals surface area (Å²) in [5.74, 6) is 1.92. The van der Waals surface area contributed by atoms with Gasteiger partial charge in [0.25, 0.3) is 0 Å². The van der Waals surface area contributed by atoms with Crippen LogP contribution < -0.4 is 15.4 Å². The number of aryl methyl sites for hydroxylation is 1. The zero-order valence-electron chi connectivity index (χ0n) is 19.1. The maximum Gasteiger partial charge on any atom is 0.247 e. The summed E-state index contributed by atoms with van der Waals surface area (Å²) in [5, 5.41) is 26.2. The second kappa shape index (κ2) is 8.40. The van der Waals surface area contributed by atoms with E-state index in [2.05, 4.69) is 20.8 Å². The fourth-order valence-electron chi connectivity index (χ4n) is 4.31. The van der Waals surface area contributed by atoms with Crippen LogP contribution in [-0.2, 0) is 7.05 Å². The largest absolute Gasteiger partial charge is 0.495 e. The van der Waals surface area contributed by atoms with Crippen LogP contribution in [0.15, 0.2) is 48.8 Å². The van der Waals surface area contributed by atoms with E-state index in [0.29, 0.717) is 11.7 Å². The second-order valence-electron chi connectivity index (χ2n) is 8.95. The average Bonchev–Trinajstić information content (AvgIpc) is 3.44. The quantitative estimate of drug-likeness (QED) is 0.411. The van der Waals surface area contributed by atoms with Gasteiger partial charge in [0.15, 0.2) is 5.82 Å². The number of methoxy groups -OCH3 is 1. The first-order chi connectivity index (χ1) is 15.9. The van der Waals surface area contributed by atoms with Gasteiger partial charge in [-0.25, -0.2) is 4.52 Å². The predicted molar refractivity (Wildman–Crippen MR) is 128 cm³/mol. The molecule has 4 aromatic rings.